The van der Waals surface area contributed by atoms with Crippen molar-refractivity contribution in [3.05, 3.63) is 23.8 Å². The molecule has 32 heavy (non-hydrogen) atoms. The third-order valence-electron chi connectivity index (χ3n) is 8.89. The minimum absolute atomic E-state index is 0.0437. The first-order valence-electron chi connectivity index (χ1n) is 12.6. The first-order chi connectivity index (χ1) is 15.6. The molecule has 2 heterocycles. The minimum Gasteiger partial charge on any atom is -0.454 e. The lowest BCUT2D eigenvalue weighted by Gasteiger charge is -2.34. The van der Waals surface area contributed by atoms with Gasteiger partial charge < -0.3 is 19.7 Å². The molecule has 3 saturated carbocycles. The van der Waals surface area contributed by atoms with Crippen molar-refractivity contribution in [1.82, 2.24) is 10.2 Å². The van der Waals surface area contributed by atoms with Crippen molar-refractivity contribution in [3.63, 3.8) is 0 Å². The van der Waals surface area contributed by atoms with Gasteiger partial charge in [-0.25, -0.2) is 0 Å². The monoisotopic (exact) mass is 438 g/mol. The summed E-state index contributed by atoms with van der Waals surface area (Å²) in [6, 6.07) is 6.08. The molecule has 2 aliphatic heterocycles. The van der Waals surface area contributed by atoms with Crippen LogP contribution in [0.2, 0.25) is 0 Å². The lowest BCUT2D eigenvalue weighted by molar-refractivity contribution is -0.135. The van der Waals surface area contributed by atoms with Crippen LogP contribution >= 0.6 is 0 Å². The van der Waals surface area contributed by atoms with Crippen molar-refractivity contribution in [2.75, 3.05) is 19.9 Å². The first kappa shape index (κ1) is 20.4. The van der Waals surface area contributed by atoms with Crippen molar-refractivity contribution in [2.45, 2.75) is 63.8 Å². The number of benzene rings is 1. The molecule has 0 radical (unpaired) electrons. The summed E-state index contributed by atoms with van der Waals surface area (Å²) in [5.41, 5.74) is 0.941. The van der Waals surface area contributed by atoms with E-state index in [1.807, 2.05) is 23.1 Å². The molecule has 0 spiro atoms. The summed E-state index contributed by atoms with van der Waals surface area (Å²) in [5.74, 6) is 5.24. The molecule has 5 atom stereocenters. The fourth-order valence-electron chi connectivity index (χ4n) is 7.30. The van der Waals surface area contributed by atoms with Crippen molar-refractivity contribution in [2.24, 2.45) is 29.6 Å². The highest BCUT2D eigenvalue weighted by atomic mass is 16.7. The SMILES string of the molecule is O=C(NC1CCC2CC3CC(C2)C1C3)C1CCN(C(=O)Cc2ccc3c(c2)OCO3)CC1. The van der Waals surface area contributed by atoms with Crippen LogP contribution in [0.3, 0.4) is 0 Å². The number of ether oxygens (including phenoxy) is 2. The van der Waals surface area contributed by atoms with Gasteiger partial charge in [0.05, 0.1) is 6.42 Å². The number of likely N-dealkylation sites (tertiary alicyclic amines) is 1. The number of amides is 2. The highest BCUT2D eigenvalue weighted by Crippen LogP contribution is 2.53. The molecular formula is C26H34N2O4. The number of nitrogens with one attached hydrogen (secondary N) is 1. The van der Waals surface area contributed by atoms with Crippen LogP contribution in [-0.4, -0.2) is 42.6 Å². The maximum absolute atomic E-state index is 13.1. The van der Waals surface area contributed by atoms with Crippen molar-refractivity contribution >= 4 is 11.8 Å². The van der Waals surface area contributed by atoms with E-state index in [4.69, 9.17) is 9.47 Å². The van der Waals surface area contributed by atoms with E-state index < -0.39 is 0 Å². The Morgan fingerprint density at radius 1 is 0.938 bits per heavy atom. The molecule has 1 aromatic rings. The Balaban J connectivity index is 1.01. The van der Waals surface area contributed by atoms with E-state index in [0.29, 0.717) is 37.2 Å². The summed E-state index contributed by atoms with van der Waals surface area (Å²) >= 11 is 0. The molecular weight excluding hydrogens is 404 g/mol. The molecule has 6 heteroatoms. The Hall–Kier alpha value is -2.24. The predicted molar refractivity (Wildman–Crippen MR) is 119 cm³/mol. The van der Waals surface area contributed by atoms with Crippen LogP contribution in [0.25, 0.3) is 0 Å². The van der Waals surface area contributed by atoms with Crippen molar-refractivity contribution in [1.29, 1.82) is 0 Å². The van der Waals surface area contributed by atoms with Crippen LogP contribution in [0.4, 0.5) is 0 Å². The number of hydrogen-bond acceptors (Lipinski definition) is 4. The molecule has 3 bridgehead atoms. The second-order valence-corrected chi connectivity index (χ2v) is 10.8. The predicted octanol–water partition coefficient (Wildman–Crippen LogP) is 3.53. The van der Waals surface area contributed by atoms with E-state index >= 15 is 0 Å². The molecule has 1 saturated heterocycles. The fraction of sp³-hybridized carbons (Fsp3) is 0.692. The topological polar surface area (TPSA) is 67.9 Å². The lowest BCUT2D eigenvalue weighted by atomic mass is 9.80. The number of carbonyl (C=O) groups excluding carboxylic acids is 2. The van der Waals surface area contributed by atoms with Crippen molar-refractivity contribution < 1.29 is 19.1 Å². The quantitative estimate of drug-likeness (QED) is 0.781. The molecule has 1 N–H and O–H groups in total. The van der Waals surface area contributed by atoms with Gasteiger partial charge in [0.1, 0.15) is 0 Å². The molecule has 172 valence electrons. The van der Waals surface area contributed by atoms with Crippen LogP contribution in [0.5, 0.6) is 11.5 Å². The third kappa shape index (κ3) is 3.86. The smallest absolute Gasteiger partial charge is 0.231 e. The van der Waals surface area contributed by atoms with Crippen LogP contribution in [-0.2, 0) is 16.0 Å². The number of nitrogens with zero attached hydrogens (tertiary/aromatic N) is 1. The highest BCUT2D eigenvalue weighted by molar-refractivity contribution is 5.81. The average molecular weight is 439 g/mol. The van der Waals surface area contributed by atoms with Gasteiger partial charge in [-0.1, -0.05) is 6.07 Å². The normalized spacial score (nSPS) is 33.2. The molecule has 3 aliphatic carbocycles. The second-order valence-electron chi connectivity index (χ2n) is 10.8. The Morgan fingerprint density at radius 3 is 2.62 bits per heavy atom. The molecule has 4 fully saturated rings. The largest absolute Gasteiger partial charge is 0.454 e. The second kappa shape index (κ2) is 8.27. The first-order valence-corrected chi connectivity index (χ1v) is 12.6. The molecule has 6 rings (SSSR count). The van der Waals surface area contributed by atoms with Gasteiger partial charge in [-0.2, -0.15) is 0 Å². The number of rotatable bonds is 4. The number of hydrogen-bond donors (Lipinski definition) is 1. The summed E-state index contributed by atoms with van der Waals surface area (Å²) in [6.07, 6.45) is 9.93. The summed E-state index contributed by atoms with van der Waals surface area (Å²) in [6.45, 7) is 1.58. The molecule has 6 nitrogen and oxygen atoms in total. The molecule has 5 unspecified atom stereocenters. The Morgan fingerprint density at radius 2 is 1.75 bits per heavy atom. The molecule has 1 aromatic carbocycles. The summed E-state index contributed by atoms with van der Waals surface area (Å²) in [5, 5.41) is 3.48. The van der Waals surface area contributed by atoms with Crippen LogP contribution < -0.4 is 14.8 Å². The summed E-state index contributed by atoms with van der Waals surface area (Å²) in [7, 11) is 0. The zero-order chi connectivity index (χ0) is 21.7. The van der Waals surface area contributed by atoms with Gasteiger partial charge in [-0.3, -0.25) is 9.59 Å². The number of carbonyl (C=O) groups is 2. The number of fused-ring (bicyclic) bond motifs is 3. The molecule has 2 amide bonds. The standard InChI is InChI=1S/C26H34N2O4/c29-25(14-17-2-4-23-24(13-17)32-15-31-23)28-7-5-19(6-8-28)26(30)27-22-3-1-16-9-18-11-20(10-16)21(22)12-18/h2,4,13,16,18-22H,1,3,5-12,14-15H2,(H,27,30). The van der Waals surface area contributed by atoms with Crippen LogP contribution in [0.1, 0.15) is 56.9 Å². The maximum Gasteiger partial charge on any atom is 0.231 e. The van der Waals surface area contributed by atoms with Crippen molar-refractivity contribution in [3.8, 4) is 11.5 Å². The van der Waals surface area contributed by atoms with Crippen LogP contribution in [0, 0.1) is 29.6 Å². The van der Waals surface area contributed by atoms with E-state index in [2.05, 4.69) is 5.32 Å². The van der Waals surface area contributed by atoms with Gasteiger partial charge in [0, 0.05) is 25.0 Å². The van der Waals surface area contributed by atoms with Gasteiger partial charge in [-0.15, -0.1) is 0 Å². The fourth-order valence-corrected chi connectivity index (χ4v) is 7.30. The van der Waals surface area contributed by atoms with Crippen LogP contribution in [0.15, 0.2) is 18.2 Å². The van der Waals surface area contributed by atoms with E-state index in [0.717, 1.165) is 48.3 Å². The average Bonchev–Trinajstić information content (AvgIpc) is 3.36. The van der Waals surface area contributed by atoms with E-state index in [-0.39, 0.29) is 24.5 Å². The van der Waals surface area contributed by atoms with Gasteiger partial charge >= 0.3 is 0 Å². The Kier molecular flexibility index (Phi) is 5.27. The zero-order valence-corrected chi connectivity index (χ0v) is 18.8. The molecule has 5 aliphatic rings. The number of piperidine rings is 1. The van der Waals surface area contributed by atoms with Gasteiger partial charge in [-0.05, 0) is 92.7 Å². The van der Waals surface area contributed by atoms with Gasteiger partial charge in [0.2, 0.25) is 18.6 Å². The van der Waals surface area contributed by atoms with E-state index in [1.54, 1.807) is 0 Å². The summed E-state index contributed by atoms with van der Waals surface area (Å²) < 4.78 is 10.8. The Labute approximate surface area is 190 Å². The highest BCUT2D eigenvalue weighted by Gasteiger charge is 2.46. The van der Waals surface area contributed by atoms with Gasteiger partial charge in [0.25, 0.3) is 0 Å². The van der Waals surface area contributed by atoms with E-state index in [9.17, 15) is 9.59 Å². The molecule has 0 aromatic heterocycles. The third-order valence-corrected chi connectivity index (χ3v) is 8.89. The summed E-state index contributed by atoms with van der Waals surface area (Å²) in [4.78, 5) is 27.8. The maximum atomic E-state index is 13.1. The van der Waals surface area contributed by atoms with E-state index in [1.165, 1.54) is 32.1 Å². The lowest BCUT2D eigenvalue weighted by Crippen LogP contribution is -2.47. The minimum atomic E-state index is 0.0437. The zero-order valence-electron chi connectivity index (χ0n) is 18.8. The van der Waals surface area contributed by atoms with Gasteiger partial charge in [0.15, 0.2) is 11.5 Å². The Bertz CT molecular complexity index is 894.